The number of amides is 1. The summed E-state index contributed by atoms with van der Waals surface area (Å²) in [5, 5.41) is 4.67. The van der Waals surface area contributed by atoms with Gasteiger partial charge in [-0.05, 0) is 49.4 Å². The number of aromatic nitrogens is 2. The van der Waals surface area contributed by atoms with Crippen molar-refractivity contribution in [2.45, 2.75) is 30.7 Å². The quantitative estimate of drug-likeness (QED) is 0.483. The molecule has 0 bridgehead atoms. The summed E-state index contributed by atoms with van der Waals surface area (Å²) in [6.45, 7) is 0. The molecule has 0 aliphatic heterocycles. The van der Waals surface area contributed by atoms with Gasteiger partial charge in [-0.25, -0.2) is 14.4 Å². The molecular weight excluding hydrogens is 393 g/mol. The summed E-state index contributed by atoms with van der Waals surface area (Å²) >= 11 is 8.88. The molecule has 0 saturated carbocycles. The second-order valence-electron chi connectivity index (χ2n) is 6.04. The van der Waals surface area contributed by atoms with Crippen LogP contribution in [0.5, 0.6) is 0 Å². The lowest BCUT2D eigenvalue weighted by Crippen LogP contribution is -2.14. The topological polar surface area (TPSA) is 54.9 Å². The molecule has 1 amide bonds. The number of nitrogens with zero attached hydrogens (tertiary/aromatic N) is 2. The van der Waals surface area contributed by atoms with Crippen LogP contribution >= 0.6 is 34.7 Å². The van der Waals surface area contributed by atoms with Crippen molar-refractivity contribution < 1.29 is 9.18 Å². The smallest absolute Gasteiger partial charge is 0.234 e. The number of hydrogen-bond acceptors (Lipinski definition) is 5. The number of benzene rings is 1. The molecule has 26 heavy (non-hydrogen) atoms. The van der Waals surface area contributed by atoms with Crippen LogP contribution in [0.25, 0.3) is 10.2 Å². The van der Waals surface area contributed by atoms with Gasteiger partial charge in [-0.3, -0.25) is 4.79 Å². The van der Waals surface area contributed by atoms with Gasteiger partial charge in [0, 0.05) is 16.0 Å². The van der Waals surface area contributed by atoms with Crippen molar-refractivity contribution in [1.82, 2.24) is 9.97 Å². The van der Waals surface area contributed by atoms with E-state index < -0.39 is 5.82 Å². The molecule has 3 aromatic rings. The zero-order chi connectivity index (χ0) is 18.1. The Hall–Kier alpha value is -1.70. The van der Waals surface area contributed by atoms with Gasteiger partial charge in [0.1, 0.15) is 22.0 Å². The van der Waals surface area contributed by atoms with Crippen molar-refractivity contribution >= 4 is 56.5 Å². The number of anilines is 1. The summed E-state index contributed by atoms with van der Waals surface area (Å²) in [6, 6.07) is 4.12. The second-order valence-corrected chi connectivity index (χ2v) is 8.49. The van der Waals surface area contributed by atoms with E-state index in [0.717, 1.165) is 28.1 Å². The Kier molecular flexibility index (Phi) is 5.11. The maximum Gasteiger partial charge on any atom is 0.234 e. The molecule has 0 unspecified atom stereocenters. The zero-order valence-corrected chi connectivity index (χ0v) is 16.1. The third-order valence-electron chi connectivity index (χ3n) is 4.26. The molecule has 4 nitrogen and oxygen atoms in total. The Morgan fingerprint density at radius 1 is 1.31 bits per heavy atom. The van der Waals surface area contributed by atoms with Crippen molar-refractivity contribution in [1.29, 1.82) is 0 Å². The fourth-order valence-corrected chi connectivity index (χ4v) is 5.38. The van der Waals surface area contributed by atoms with E-state index in [4.69, 9.17) is 11.6 Å². The highest BCUT2D eigenvalue weighted by molar-refractivity contribution is 8.00. The molecule has 1 N–H and O–H groups in total. The van der Waals surface area contributed by atoms with Gasteiger partial charge in [0.15, 0.2) is 0 Å². The van der Waals surface area contributed by atoms with Gasteiger partial charge in [-0.15, -0.1) is 11.3 Å². The molecule has 134 valence electrons. The Morgan fingerprint density at radius 2 is 2.15 bits per heavy atom. The first-order chi connectivity index (χ1) is 12.6. The summed E-state index contributed by atoms with van der Waals surface area (Å²) in [5.41, 5.74) is 1.83. The number of carbonyl (C=O) groups excluding carboxylic acids is 1. The Bertz CT molecular complexity index is 992. The number of aryl methyl sites for hydroxylation is 2. The van der Waals surface area contributed by atoms with Gasteiger partial charge >= 0.3 is 0 Å². The minimum atomic E-state index is -0.510. The molecule has 1 aliphatic carbocycles. The lowest BCUT2D eigenvalue weighted by atomic mass is 9.97. The number of carbonyl (C=O) groups is 1. The average Bonchev–Trinajstić information content (AvgIpc) is 3.02. The highest BCUT2D eigenvalue weighted by Crippen LogP contribution is 2.39. The number of rotatable bonds is 4. The van der Waals surface area contributed by atoms with Crippen molar-refractivity contribution in [2.24, 2.45) is 0 Å². The molecule has 8 heteroatoms. The first kappa shape index (κ1) is 17.7. The SMILES string of the molecule is O=C(CSc1ncnc2sc3c(c12)CCCC3)Nc1ccc(F)c(Cl)c1. The van der Waals surface area contributed by atoms with Crippen LogP contribution in [0.2, 0.25) is 5.02 Å². The van der Waals surface area contributed by atoms with Crippen molar-refractivity contribution in [3.8, 4) is 0 Å². The number of thiophene rings is 1. The van der Waals surface area contributed by atoms with Crippen LogP contribution in [-0.4, -0.2) is 21.6 Å². The van der Waals surface area contributed by atoms with Crippen LogP contribution in [0.3, 0.4) is 0 Å². The second kappa shape index (κ2) is 7.50. The van der Waals surface area contributed by atoms with Gasteiger partial charge < -0.3 is 5.32 Å². The normalized spacial score (nSPS) is 13.6. The lowest BCUT2D eigenvalue weighted by Gasteiger charge is -2.11. The molecule has 0 radical (unpaired) electrons. The summed E-state index contributed by atoms with van der Waals surface area (Å²) in [4.78, 5) is 23.4. The Balaban J connectivity index is 1.50. The van der Waals surface area contributed by atoms with Gasteiger partial charge in [-0.1, -0.05) is 23.4 Å². The minimum absolute atomic E-state index is 0.0159. The fraction of sp³-hybridized carbons (Fsp3) is 0.278. The summed E-state index contributed by atoms with van der Waals surface area (Å²) < 4.78 is 13.2. The highest BCUT2D eigenvalue weighted by Gasteiger charge is 2.20. The van der Waals surface area contributed by atoms with Gasteiger partial charge in [0.2, 0.25) is 5.91 Å². The van der Waals surface area contributed by atoms with Crippen LogP contribution in [0.1, 0.15) is 23.3 Å². The van der Waals surface area contributed by atoms with E-state index in [-0.39, 0.29) is 16.7 Å². The van der Waals surface area contributed by atoms with Crippen LogP contribution in [0.4, 0.5) is 10.1 Å². The van der Waals surface area contributed by atoms with Crippen LogP contribution < -0.4 is 5.32 Å². The monoisotopic (exact) mass is 407 g/mol. The van der Waals surface area contributed by atoms with Gasteiger partial charge in [0.25, 0.3) is 0 Å². The molecule has 0 atom stereocenters. The van der Waals surface area contributed by atoms with E-state index in [9.17, 15) is 9.18 Å². The molecule has 1 aromatic carbocycles. The highest BCUT2D eigenvalue weighted by atomic mass is 35.5. The van der Waals surface area contributed by atoms with Crippen LogP contribution in [-0.2, 0) is 17.6 Å². The van der Waals surface area contributed by atoms with E-state index in [0.29, 0.717) is 5.69 Å². The summed E-state index contributed by atoms with van der Waals surface area (Å²) in [7, 11) is 0. The third kappa shape index (κ3) is 3.56. The van der Waals surface area contributed by atoms with Gasteiger partial charge in [0.05, 0.1) is 10.8 Å². The van der Waals surface area contributed by atoms with Crippen molar-refractivity contribution in [3.63, 3.8) is 0 Å². The number of thioether (sulfide) groups is 1. The van der Waals surface area contributed by atoms with Crippen LogP contribution in [0, 0.1) is 5.82 Å². The molecule has 2 heterocycles. The molecule has 0 fully saturated rings. The summed E-state index contributed by atoms with van der Waals surface area (Å²) in [5.74, 6) is -0.482. The first-order valence-electron chi connectivity index (χ1n) is 8.25. The van der Waals surface area contributed by atoms with E-state index in [1.165, 1.54) is 53.2 Å². The largest absolute Gasteiger partial charge is 0.325 e. The molecule has 2 aromatic heterocycles. The standard InChI is InChI=1S/C18H15ClFN3OS2/c19-12-7-10(5-6-13(12)20)23-15(24)8-25-17-16-11-3-1-2-4-14(11)26-18(16)22-9-21-17/h5-7,9H,1-4,8H2,(H,23,24). The number of nitrogens with one attached hydrogen (secondary N) is 1. The molecule has 0 saturated heterocycles. The first-order valence-corrected chi connectivity index (χ1v) is 10.4. The maximum atomic E-state index is 13.2. The molecule has 4 rings (SSSR count). The molecular formula is C18H15ClFN3OS2. The number of halogens is 2. The Labute approximate surface area is 163 Å². The van der Waals surface area contributed by atoms with Crippen LogP contribution in [0.15, 0.2) is 29.6 Å². The fourth-order valence-electron chi connectivity index (χ4n) is 3.08. The maximum absolute atomic E-state index is 13.2. The number of hydrogen-bond donors (Lipinski definition) is 1. The van der Waals surface area contributed by atoms with E-state index >= 15 is 0 Å². The number of fused-ring (bicyclic) bond motifs is 3. The van der Waals surface area contributed by atoms with Crippen molar-refractivity contribution in [3.05, 3.63) is 45.8 Å². The third-order valence-corrected chi connectivity index (χ3v) is 6.74. The van der Waals surface area contributed by atoms with Gasteiger partial charge in [-0.2, -0.15) is 0 Å². The average molecular weight is 408 g/mol. The molecule has 0 spiro atoms. The summed E-state index contributed by atoms with van der Waals surface area (Å²) in [6.07, 6.45) is 6.12. The predicted molar refractivity (Wildman–Crippen MR) is 105 cm³/mol. The van der Waals surface area contributed by atoms with Crippen molar-refractivity contribution in [2.75, 3.05) is 11.1 Å². The predicted octanol–water partition coefficient (Wildman–Crippen LogP) is 5.09. The van der Waals surface area contributed by atoms with E-state index in [2.05, 4.69) is 15.3 Å². The minimum Gasteiger partial charge on any atom is -0.325 e. The molecule has 1 aliphatic rings. The lowest BCUT2D eigenvalue weighted by molar-refractivity contribution is -0.113. The van der Waals surface area contributed by atoms with E-state index in [1.807, 2.05) is 0 Å². The Morgan fingerprint density at radius 3 is 3.00 bits per heavy atom. The zero-order valence-electron chi connectivity index (χ0n) is 13.7. The van der Waals surface area contributed by atoms with E-state index in [1.54, 1.807) is 17.7 Å².